The first kappa shape index (κ1) is 23.5. The van der Waals surface area contributed by atoms with Crippen molar-refractivity contribution in [3.05, 3.63) is 42.4 Å². The number of hydrogen-bond acceptors (Lipinski definition) is 5. The van der Waals surface area contributed by atoms with Crippen LogP contribution < -0.4 is 4.90 Å². The van der Waals surface area contributed by atoms with Crippen molar-refractivity contribution in [2.24, 2.45) is 5.41 Å². The molecule has 1 aromatic carbocycles. The zero-order valence-corrected chi connectivity index (χ0v) is 20.7. The number of anilines is 1. The van der Waals surface area contributed by atoms with Gasteiger partial charge in [-0.25, -0.2) is 14.6 Å². The lowest BCUT2D eigenvalue weighted by molar-refractivity contribution is -0.139. The van der Waals surface area contributed by atoms with Crippen molar-refractivity contribution in [3.63, 3.8) is 0 Å². The summed E-state index contributed by atoms with van der Waals surface area (Å²) in [6, 6.07) is 10.1. The highest BCUT2D eigenvalue weighted by Crippen LogP contribution is 2.30. The lowest BCUT2D eigenvalue weighted by Gasteiger charge is -2.38. The molecule has 1 saturated heterocycles. The summed E-state index contributed by atoms with van der Waals surface area (Å²) in [6.07, 6.45) is 3.97. The van der Waals surface area contributed by atoms with Gasteiger partial charge in [0.25, 0.3) is 0 Å². The summed E-state index contributed by atoms with van der Waals surface area (Å²) in [6.45, 7) is 10.9. The van der Waals surface area contributed by atoms with Gasteiger partial charge in [0.15, 0.2) is 5.65 Å². The number of carbonyl (C=O) groups is 1. The summed E-state index contributed by atoms with van der Waals surface area (Å²) in [5, 5.41) is 5.60. The van der Waals surface area contributed by atoms with Gasteiger partial charge in [-0.2, -0.15) is 5.10 Å². The second kappa shape index (κ2) is 9.67. The predicted molar refractivity (Wildman–Crippen MR) is 133 cm³/mol. The first-order valence-corrected chi connectivity index (χ1v) is 12.3. The molecule has 1 amide bonds. The van der Waals surface area contributed by atoms with Gasteiger partial charge in [0.05, 0.1) is 22.7 Å². The van der Waals surface area contributed by atoms with Crippen LogP contribution in [0, 0.1) is 5.41 Å². The highest BCUT2D eigenvalue weighted by Gasteiger charge is 2.33. The average molecular weight is 469 g/mol. The summed E-state index contributed by atoms with van der Waals surface area (Å²) >= 11 is 6.04. The van der Waals surface area contributed by atoms with E-state index in [0.717, 1.165) is 41.2 Å². The summed E-state index contributed by atoms with van der Waals surface area (Å²) < 4.78 is 1.89. The van der Waals surface area contributed by atoms with Crippen LogP contribution in [-0.2, 0) is 4.79 Å². The number of halogens is 1. The van der Waals surface area contributed by atoms with E-state index in [-0.39, 0.29) is 11.8 Å². The number of aromatic nitrogens is 4. The van der Waals surface area contributed by atoms with Crippen molar-refractivity contribution in [1.82, 2.24) is 24.6 Å². The molecule has 0 saturated carbocycles. The molecule has 1 aliphatic rings. The Hall–Kier alpha value is -2.67. The molecule has 0 N–H and O–H groups in total. The van der Waals surface area contributed by atoms with E-state index in [1.165, 1.54) is 0 Å². The molecular formula is C25H33ClN6O. The van der Waals surface area contributed by atoms with Gasteiger partial charge in [-0.05, 0) is 32.4 Å². The highest BCUT2D eigenvalue weighted by atomic mass is 35.5. The first-order chi connectivity index (χ1) is 15.9. The number of rotatable bonds is 7. The van der Waals surface area contributed by atoms with Gasteiger partial charge in [0.2, 0.25) is 5.91 Å². The number of carbonyl (C=O) groups excluding carboxylic acids is 1. The number of hydrogen-bond donors (Lipinski definition) is 0. The number of para-hydroxylation sites is 1. The van der Waals surface area contributed by atoms with E-state index in [1.807, 2.05) is 60.0 Å². The standard InChI is InChI=1S/C25H33ClN6O/c1-5-9-18(2)21-28-22(30-12-14-31(15-13-30)24(33)25(3,4)17-26)20-16-27-32(23(20)29-21)19-10-7-6-8-11-19/h6-8,10-11,16,18H,5,9,12-15,17H2,1-4H3/t18-/m1/s1. The normalized spacial score (nSPS) is 15.8. The monoisotopic (exact) mass is 468 g/mol. The van der Waals surface area contributed by atoms with Gasteiger partial charge in [-0.15, -0.1) is 11.6 Å². The average Bonchev–Trinajstić information content (AvgIpc) is 3.28. The molecule has 1 atom stereocenters. The fourth-order valence-electron chi connectivity index (χ4n) is 4.30. The third kappa shape index (κ3) is 4.69. The van der Waals surface area contributed by atoms with Gasteiger partial charge >= 0.3 is 0 Å². The van der Waals surface area contributed by atoms with Crippen molar-refractivity contribution in [2.45, 2.75) is 46.5 Å². The maximum absolute atomic E-state index is 12.9. The van der Waals surface area contributed by atoms with Crippen molar-refractivity contribution in [1.29, 1.82) is 0 Å². The smallest absolute Gasteiger partial charge is 0.229 e. The molecule has 0 aliphatic carbocycles. The van der Waals surface area contributed by atoms with Crippen LogP contribution in [0.4, 0.5) is 5.82 Å². The summed E-state index contributed by atoms with van der Waals surface area (Å²) in [5.41, 5.74) is 1.25. The van der Waals surface area contributed by atoms with Crippen LogP contribution in [0.2, 0.25) is 0 Å². The van der Waals surface area contributed by atoms with Gasteiger partial charge in [-0.3, -0.25) is 4.79 Å². The van der Waals surface area contributed by atoms with Crippen LogP contribution in [0.25, 0.3) is 16.7 Å². The zero-order valence-electron chi connectivity index (χ0n) is 20.0. The summed E-state index contributed by atoms with van der Waals surface area (Å²) in [7, 11) is 0. The molecule has 0 bridgehead atoms. The molecule has 8 heteroatoms. The molecule has 7 nitrogen and oxygen atoms in total. The van der Waals surface area contributed by atoms with Crippen molar-refractivity contribution >= 4 is 34.4 Å². The molecule has 176 valence electrons. The lowest BCUT2D eigenvalue weighted by Crippen LogP contribution is -2.52. The Morgan fingerprint density at radius 3 is 2.45 bits per heavy atom. The number of benzene rings is 1. The molecule has 3 aromatic rings. The van der Waals surface area contributed by atoms with E-state index in [9.17, 15) is 4.79 Å². The van der Waals surface area contributed by atoms with Gasteiger partial charge < -0.3 is 9.80 Å². The first-order valence-electron chi connectivity index (χ1n) is 11.8. The van der Waals surface area contributed by atoms with Crippen LogP contribution in [0.1, 0.15) is 52.3 Å². The molecular weight excluding hydrogens is 436 g/mol. The Morgan fingerprint density at radius 1 is 1.12 bits per heavy atom. The Labute approximate surface area is 200 Å². The lowest BCUT2D eigenvalue weighted by atomic mass is 9.94. The third-order valence-corrected chi connectivity index (χ3v) is 7.04. The summed E-state index contributed by atoms with van der Waals surface area (Å²) in [5.74, 6) is 2.43. The molecule has 1 aliphatic heterocycles. The van der Waals surface area contributed by atoms with E-state index in [1.54, 1.807) is 0 Å². The minimum absolute atomic E-state index is 0.110. The van der Waals surface area contributed by atoms with E-state index in [0.29, 0.717) is 32.1 Å². The van der Waals surface area contributed by atoms with Crippen molar-refractivity contribution in [2.75, 3.05) is 37.0 Å². The Morgan fingerprint density at radius 2 is 1.82 bits per heavy atom. The molecule has 3 heterocycles. The molecule has 2 aromatic heterocycles. The zero-order chi connectivity index (χ0) is 23.6. The van der Waals surface area contributed by atoms with Crippen LogP contribution in [0.5, 0.6) is 0 Å². The summed E-state index contributed by atoms with van der Waals surface area (Å²) in [4.78, 5) is 27.0. The second-order valence-electron chi connectivity index (χ2n) is 9.52. The van der Waals surface area contributed by atoms with Gasteiger partial charge in [-0.1, -0.05) is 38.5 Å². The number of nitrogens with zero attached hydrogens (tertiary/aromatic N) is 6. The molecule has 4 rings (SSSR count). The third-order valence-electron chi connectivity index (χ3n) is 6.37. The van der Waals surface area contributed by atoms with Crippen LogP contribution in [-0.4, -0.2) is 62.6 Å². The number of fused-ring (bicyclic) bond motifs is 1. The maximum atomic E-state index is 12.9. The largest absolute Gasteiger partial charge is 0.352 e. The Balaban J connectivity index is 1.69. The number of alkyl halides is 1. The number of amides is 1. The van der Waals surface area contributed by atoms with Crippen molar-refractivity contribution in [3.8, 4) is 5.69 Å². The fraction of sp³-hybridized carbons (Fsp3) is 0.520. The quantitative estimate of drug-likeness (QED) is 0.473. The minimum atomic E-state index is -0.550. The topological polar surface area (TPSA) is 67.2 Å². The van der Waals surface area contributed by atoms with Crippen LogP contribution in [0.3, 0.4) is 0 Å². The van der Waals surface area contributed by atoms with Crippen molar-refractivity contribution < 1.29 is 4.79 Å². The Bertz CT molecular complexity index is 1100. The SMILES string of the molecule is CCC[C@@H](C)c1nc(N2CCN(C(=O)C(C)(C)CCl)CC2)c2cnn(-c3ccccc3)c2n1. The second-order valence-corrected chi connectivity index (χ2v) is 9.79. The molecule has 1 fully saturated rings. The van der Waals surface area contributed by atoms with E-state index in [2.05, 4.69) is 23.8 Å². The minimum Gasteiger partial charge on any atom is -0.352 e. The van der Waals surface area contributed by atoms with E-state index in [4.69, 9.17) is 21.6 Å². The molecule has 33 heavy (non-hydrogen) atoms. The number of piperazine rings is 1. The van der Waals surface area contributed by atoms with E-state index < -0.39 is 5.41 Å². The van der Waals surface area contributed by atoms with Crippen LogP contribution in [0.15, 0.2) is 36.5 Å². The maximum Gasteiger partial charge on any atom is 0.229 e. The van der Waals surface area contributed by atoms with Crippen LogP contribution >= 0.6 is 11.6 Å². The molecule has 0 spiro atoms. The molecule has 0 unspecified atom stereocenters. The fourth-order valence-corrected chi connectivity index (χ4v) is 4.41. The van der Waals surface area contributed by atoms with Gasteiger partial charge in [0, 0.05) is 38.0 Å². The highest BCUT2D eigenvalue weighted by molar-refractivity contribution is 6.19. The van der Waals surface area contributed by atoms with E-state index >= 15 is 0 Å². The Kier molecular flexibility index (Phi) is 6.88. The molecule has 0 radical (unpaired) electrons. The van der Waals surface area contributed by atoms with Gasteiger partial charge in [0.1, 0.15) is 11.6 Å². The predicted octanol–water partition coefficient (Wildman–Crippen LogP) is 4.63.